The molecule has 140 valence electrons. The molecule has 26 heavy (non-hydrogen) atoms. The monoisotopic (exact) mass is 359 g/mol. The van der Waals surface area contributed by atoms with Gasteiger partial charge in [0.15, 0.2) is 5.82 Å². The Morgan fingerprint density at radius 2 is 2.35 bits per heavy atom. The van der Waals surface area contributed by atoms with E-state index in [2.05, 4.69) is 25.3 Å². The summed E-state index contributed by atoms with van der Waals surface area (Å²) < 4.78 is 5.08. The second-order valence-corrected chi connectivity index (χ2v) is 6.67. The zero-order chi connectivity index (χ0) is 18.4. The number of hydrogen-bond acceptors (Lipinski definition) is 7. The average molecular weight is 359 g/mol. The molecule has 1 fully saturated rings. The fourth-order valence-electron chi connectivity index (χ4n) is 3.10. The molecule has 0 aromatic carbocycles. The molecule has 1 amide bonds. The molecule has 0 radical (unpaired) electrons. The van der Waals surface area contributed by atoms with Gasteiger partial charge < -0.3 is 19.8 Å². The van der Waals surface area contributed by atoms with Crippen LogP contribution in [0.25, 0.3) is 0 Å². The summed E-state index contributed by atoms with van der Waals surface area (Å²) in [6.45, 7) is 3.47. The van der Waals surface area contributed by atoms with Crippen molar-refractivity contribution in [1.82, 2.24) is 20.4 Å². The summed E-state index contributed by atoms with van der Waals surface area (Å²) >= 11 is 0. The van der Waals surface area contributed by atoms with Crippen LogP contribution in [0.5, 0.6) is 0 Å². The van der Waals surface area contributed by atoms with Crippen molar-refractivity contribution in [3.05, 3.63) is 36.1 Å². The summed E-state index contributed by atoms with van der Waals surface area (Å²) in [5, 5.41) is 17.5. The van der Waals surface area contributed by atoms with Crippen molar-refractivity contribution in [2.24, 2.45) is 0 Å². The molecule has 2 aromatic heterocycles. The van der Waals surface area contributed by atoms with E-state index in [1.165, 1.54) is 0 Å². The summed E-state index contributed by atoms with van der Waals surface area (Å²) in [4.78, 5) is 22.7. The largest absolute Gasteiger partial charge is 0.386 e. The molecule has 0 saturated carbocycles. The van der Waals surface area contributed by atoms with Gasteiger partial charge in [0.1, 0.15) is 5.82 Å². The number of nitrogens with one attached hydrogen (secondary N) is 1. The zero-order valence-electron chi connectivity index (χ0n) is 15.0. The van der Waals surface area contributed by atoms with Crippen LogP contribution >= 0.6 is 0 Å². The number of aliphatic hydroxyl groups is 1. The molecule has 3 rings (SSSR count). The third kappa shape index (κ3) is 4.78. The Labute approximate surface area is 152 Å². The van der Waals surface area contributed by atoms with Gasteiger partial charge in [-0.25, -0.2) is 4.98 Å². The number of rotatable bonds is 7. The second kappa shape index (κ2) is 8.27. The SMILES string of the molecule is CCc1noc(CCC(=O)NCC2(O)CCCN(c3ccccn3)C2)n1. The van der Waals surface area contributed by atoms with E-state index >= 15 is 0 Å². The van der Waals surface area contributed by atoms with Gasteiger partial charge in [-0.1, -0.05) is 18.1 Å². The molecule has 1 atom stereocenters. The molecule has 2 N–H and O–H groups in total. The lowest BCUT2D eigenvalue weighted by Crippen LogP contribution is -2.54. The van der Waals surface area contributed by atoms with Crippen molar-refractivity contribution in [2.45, 2.75) is 44.6 Å². The minimum absolute atomic E-state index is 0.135. The van der Waals surface area contributed by atoms with E-state index in [1.54, 1.807) is 6.20 Å². The van der Waals surface area contributed by atoms with Crippen LogP contribution in [-0.2, 0) is 17.6 Å². The molecule has 1 aliphatic rings. The first-order valence-electron chi connectivity index (χ1n) is 9.04. The predicted octanol–water partition coefficient (Wildman–Crippen LogP) is 1.11. The van der Waals surface area contributed by atoms with E-state index in [4.69, 9.17) is 4.52 Å². The van der Waals surface area contributed by atoms with Crippen molar-refractivity contribution in [1.29, 1.82) is 0 Å². The molecule has 8 nitrogen and oxygen atoms in total. The summed E-state index contributed by atoms with van der Waals surface area (Å²) in [5.74, 6) is 1.82. The summed E-state index contributed by atoms with van der Waals surface area (Å²) in [7, 11) is 0. The number of nitrogens with zero attached hydrogens (tertiary/aromatic N) is 4. The zero-order valence-corrected chi connectivity index (χ0v) is 15.0. The maximum atomic E-state index is 12.1. The molecular formula is C18H25N5O3. The van der Waals surface area contributed by atoms with Crippen LogP contribution in [0, 0.1) is 0 Å². The van der Waals surface area contributed by atoms with Crippen molar-refractivity contribution in [2.75, 3.05) is 24.5 Å². The molecule has 0 spiro atoms. The number of amides is 1. The van der Waals surface area contributed by atoms with Gasteiger partial charge >= 0.3 is 0 Å². The first kappa shape index (κ1) is 18.3. The van der Waals surface area contributed by atoms with Gasteiger partial charge in [0, 0.05) is 45.1 Å². The Balaban J connectivity index is 1.47. The molecule has 0 aliphatic carbocycles. The van der Waals surface area contributed by atoms with Gasteiger partial charge in [-0.15, -0.1) is 0 Å². The Hall–Kier alpha value is -2.48. The average Bonchev–Trinajstić information content (AvgIpc) is 3.14. The van der Waals surface area contributed by atoms with E-state index in [0.29, 0.717) is 37.5 Å². The van der Waals surface area contributed by atoms with Crippen molar-refractivity contribution >= 4 is 11.7 Å². The molecule has 1 saturated heterocycles. The van der Waals surface area contributed by atoms with Gasteiger partial charge in [-0.3, -0.25) is 4.79 Å². The van der Waals surface area contributed by atoms with E-state index in [9.17, 15) is 9.90 Å². The van der Waals surface area contributed by atoms with E-state index < -0.39 is 5.60 Å². The maximum absolute atomic E-state index is 12.1. The maximum Gasteiger partial charge on any atom is 0.227 e. The smallest absolute Gasteiger partial charge is 0.227 e. The number of aromatic nitrogens is 3. The summed E-state index contributed by atoms with van der Waals surface area (Å²) in [5.41, 5.74) is -0.953. The number of aryl methyl sites for hydroxylation is 2. The number of hydrogen-bond donors (Lipinski definition) is 2. The van der Waals surface area contributed by atoms with Gasteiger partial charge in [-0.05, 0) is 25.0 Å². The fraction of sp³-hybridized carbons (Fsp3) is 0.556. The van der Waals surface area contributed by atoms with Gasteiger partial charge in [0.05, 0.1) is 5.60 Å². The Morgan fingerprint density at radius 3 is 3.08 bits per heavy atom. The lowest BCUT2D eigenvalue weighted by atomic mass is 9.92. The van der Waals surface area contributed by atoms with Crippen LogP contribution in [0.1, 0.15) is 37.9 Å². The highest BCUT2D eigenvalue weighted by Crippen LogP contribution is 2.24. The van der Waals surface area contributed by atoms with Gasteiger partial charge in [-0.2, -0.15) is 4.98 Å². The van der Waals surface area contributed by atoms with Gasteiger partial charge in [0.2, 0.25) is 11.8 Å². The molecule has 8 heteroatoms. The highest BCUT2D eigenvalue weighted by Gasteiger charge is 2.34. The fourth-order valence-corrected chi connectivity index (χ4v) is 3.10. The van der Waals surface area contributed by atoms with E-state index in [0.717, 1.165) is 18.8 Å². The Bertz CT molecular complexity index is 721. The molecule has 0 bridgehead atoms. The first-order chi connectivity index (χ1) is 12.6. The topological polar surface area (TPSA) is 104 Å². The van der Waals surface area contributed by atoms with Gasteiger partial charge in [0.25, 0.3) is 0 Å². The number of carbonyl (C=O) groups excluding carboxylic acids is 1. The van der Waals surface area contributed by atoms with Crippen LogP contribution in [0.2, 0.25) is 0 Å². The molecule has 1 unspecified atom stereocenters. The molecule has 1 aliphatic heterocycles. The molecular weight excluding hydrogens is 334 g/mol. The van der Waals surface area contributed by atoms with Crippen LogP contribution < -0.4 is 10.2 Å². The van der Waals surface area contributed by atoms with E-state index in [1.807, 2.05) is 25.1 Å². The third-order valence-electron chi connectivity index (χ3n) is 4.54. The normalized spacial score (nSPS) is 20.2. The number of β-amino-alcohol motifs (C(OH)–C–C–N with tert-alkyl or cyclic N) is 1. The Morgan fingerprint density at radius 1 is 1.46 bits per heavy atom. The highest BCUT2D eigenvalue weighted by molar-refractivity contribution is 5.76. The summed E-state index contributed by atoms with van der Waals surface area (Å²) in [6.07, 6.45) is 4.61. The molecule has 2 aromatic rings. The van der Waals surface area contributed by atoms with Crippen LogP contribution in [0.4, 0.5) is 5.82 Å². The van der Waals surface area contributed by atoms with Crippen LogP contribution in [-0.4, -0.2) is 51.4 Å². The lowest BCUT2D eigenvalue weighted by molar-refractivity contribution is -0.122. The second-order valence-electron chi connectivity index (χ2n) is 6.67. The van der Waals surface area contributed by atoms with E-state index in [-0.39, 0.29) is 18.9 Å². The lowest BCUT2D eigenvalue weighted by Gasteiger charge is -2.39. The minimum Gasteiger partial charge on any atom is -0.386 e. The van der Waals surface area contributed by atoms with Crippen molar-refractivity contribution < 1.29 is 14.4 Å². The Kier molecular flexibility index (Phi) is 5.82. The number of anilines is 1. The van der Waals surface area contributed by atoms with Crippen LogP contribution in [0.15, 0.2) is 28.9 Å². The minimum atomic E-state index is -0.953. The highest BCUT2D eigenvalue weighted by atomic mass is 16.5. The van der Waals surface area contributed by atoms with Crippen molar-refractivity contribution in [3.8, 4) is 0 Å². The third-order valence-corrected chi connectivity index (χ3v) is 4.54. The summed E-state index contributed by atoms with van der Waals surface area (Å²) in [6, 6.07) is 5.73. The number of carbonyl (C=O) groups is 1. The quantitative estimate of drug-likeness (QED) is 0.763. The van der Waals surface area contributed by atoms with Crippen molar-refractivity contribution in [3.63, 3.8) is 0 Å². The number of piperidine rings is 1. The molecule has 3 heterocycles. The predicted molar refractivity (Wildman–Crippen MR) is 95.6 cm³/mol. The van der Waals surface area contributed by atoms with Crippen LogP contribution in [0.3, 0.4) is 0 Å². The standard InChI is InChI=1S/C18H25N5O3/c1-2-14-21-17(26-22-14)8-7-16(24)20-12-18(25)9-5-11-23(13-18)15-6-3-4-10-19-15/h3-4,6,10,25H,2,5,7-9,11-13H2,1H3,(H,20,24). The first-order valence-corrected chi connectivity index (χ1v) is 9.04. The number of pyridine rings is 1.